The van der Waals surface area contributed by atoms with Gasteiger partial charge in [0.1, 0.15) is 10.0 Å². The van der Waals surface area contributed by atoms with Gasteiger partial charge in [-0.05, 0) is 12.1 Å². The molecule has 0 amide bonds. The molecule has 72 valence electrons. The van der Waals surface area contributed by atoms with Crippen molar-refractivity contribution in [2.45, 2.75) is 4.90 Å². The van der Waals surface area contributed by atoms with Crippen molar-refractivity contribution in [3.8, 4) is 5.88 Å². The van der Waals surface area contributed by atoms with E-state index >= 15 is 0 Å². The van der Waals surface area contributed by atoms with Crippen LogP contribution in [0.1, 0.15) is 0 Å². The second kappa shape index (κ2) is 3.49. The van der Waals surface area contributed by atoms with Gasteiger partial charge in [-0.1, -0.05) is 11.6 Å². The van der Waals surface area contributed by atoms with Crippen LogP contribution in [-0.2, 0) is 10.0 Å². The minimum absolute atomic E-state index is 0.102. The van der Waals surface area contributed by atoms with E-state index in [1.807, 2.05) is 0 Å². The predicted octanol–water partition coefficient (Wildman–Crippen LogP) is 0.391. The van der Waals surface area contributed by atoms with Gasteiger partial charge in [-0.25, -0.2) is 18.5 Å². The monoisotopic (exact) mass is 222 g/mol. The maximum atomic E-state index is 10.9. The first-order chi connectivity index (χ1) is 5.95. The number of sulfonamides is 1. The molecule has 13 heavy (non-hydrogen) atoms. The minimum Gasteiger partial charge on any atom is -0.480 e. The normalized spacial score (nSPS) is 11.3. The van der Waals surface area contributed by atoms with Crippen molar-refractivity contribution in [1.29, 1.82) is 0 Å². The van der Waals surface area contributed by atoms with Crippen LogP contribution in [0.5, 0.6) is 5.88 Å². The molecular weight excluding hydrogens is 216 g/mol. The summed E-state index contributed by atoms with van der Waals surface area (Å²) in [5, 5.41) is 5.04. The van der Waals surface area contributed by atoms with E-state index in [-0.39, 0.29) is 15.9 Å². The summed E-state index contributed by atoms with van der Waals surface area (Å²) in [5.41, 5.74) is 0. The Balaban J connectivity index is 3.39. The third kappa shape index (κ3) is 2.30. The van der Waals surface area contributed by atoms with Crippen LogP contribution in [0.25, 0.3) is 0 Å². The minimum atomic E-state index is -3.81. The largest absolute Gasteiger partial charge is 0.480 e. The summed E-state index contributed by atoms with van der Waals surface area (Å²) < 4.78 is 26.6. The quantitative estimate of drug-likeness (QED) is 0.734. The first-order valence-electron chi connectivity index (χ1n) is 3.18. The summed E-state index contributed by atoms with van der Waals surface area (Å²) in [6.45, 7) is 0. The zero-order chi connectivity index (χ0) is 10.1. The van der Waals surface area contributed by atoms with Gasteiger partial charge in [-0.15, -0.1) is 0 Å². The van der Waals surface area contributed by atoms with Crippen molar-refractivity contribution in [3.63, 3.8) is 0 Å². The average Bonchev–Trinajstić information content (AvgIpc) is 2.01. The number of pyridine rings is 1. The molecule has 2 N–H and O–H groups in total. The molecule has 1 rings (SSSR count). The Morgan fingerprint density at radius 1 is 1.54 bits per heavy atom. The first kappa shape index (κ1) is 10.2. The van der Waals surface area contributed by atoms with Crippen molar-refractivity contribution >= 4 is 21.6 Å². The van der Waals surface area contributed by atoms with Crippen LogP contribution in [0.15, 0.2) is 17.0 Å². The highest BCUT2D eigenvalue weighted by molar-refractivity contribution is 7.89. The van der Waals surface area contributed by atoms with Gasteiger partial charge in [0.25, 0.3) is 0 Å². The average molecular weight is 223 g/mol. The molecule has 0 spiro atoms. The Labute approximate surface area is 80.5 Å². The van der Waals surface area contributed by atoms with Crippen molar-refractivity contribution in [1.82, 2.24) is 4.98 Å². The molecule has 0 aliphatic heterocycles. The standard InChI is InChI=1S/C6H7ClN2O3S/c1-12-6-4(13(8,10)11)2-3-5(7)9-6/h2-3H,1H3,(H2,8,10,11). The summed E-state index contributed by atoms with van der Waals surface area (Å²) in [6, 6.07) is 2.56. The van der Waals surface area contributed by atoms with Gasteiger partial charge >= 0.3 is 0 Å². The van der Waals surface area contributed by atoms with E-state index in [4.69, 9.17) is 21.5 Å². The highest BCUT2D eigenvalue weighted by Crippen LogP contribution is 2.21. The van der Waals surface area contributed by atoms with Crippen LogP contribution in [0.4, 0.5) is 0 Å². The van der Waals surface area contributed by atoms with E-state index in [9.17, 15) is 8.42 Å². The molecule has 0 aliphatic rings. The van der Waals surface area contributed by atoms with Crippen LogP contribution in [0, 0.1) is 0 Å². The third-order valence-corrected chi connectivity index (χ3v) is 2.43. The van der Waals surface area contributed by atoms with Gasteiger partial charge in [-0.3, -0.25) is 0 Å². The summed E-state index contributed by atoms with van der Waals surface area (Å²) in [4.78, 5) is 3.46. The number of aromatic nitrogens is 1. The van der Waals surface area contributed by atoms with Crippen LogP contribution >= 0.6 is 11.6 Å². The lowest BCUT2D eigenvalue weighted by molar-refractivity contribution is 0.385. The van der Waals surface area contributed by atoms with E-state index < -0.39 is 10.0 Å². The maximum absolute atomic E-state index is 10.9. The molecule has 0 radical (unpaired) electrons. The number of methoxy groups -OCH3 is 1. The van der Waals surface area contributed by atoms with Gasteiger partial charge < -0.3 is 4.74 Å². The van der Waals surface area contributed by atoms with E-state index in [1.54, 1.807) is 0 Å². The fourth-order valence-electron chi connectivity index (χ4n) is 0.768. The number of primary sulfonamides is 1. The molecule has 0 atom stereocenters. The summed E-state index contributed by atoms with van der Waals surface area (Å²) in [5.74, 6) is -0.102. The highest BCUT2D eigenvalue weighted by Gasteiger charge is 2.15. The molecule has 0 saturated carbocycles. The molecule has 5 nitrogen and oxygen atoms in total. The zero-order valence-electron chi connectivity index (χ0n) is 6.69. The number of nitrogens with zero attached hydrogens (tertiary/aromatic N) is 1. The van der Waals surface area contributed by atoms with E-state index in [2.05, 4.69) is 4.98 Å². The van der Waals surface area contributed by atoms with Gasteiger partial charge in [0, 0.05) is 0 Å². The maximum Gasteiger partial charge on any atom is 0.243 e. The fraction of sp³-hybridized carbons (Fsp3) is 0.167. The van der Waals surface area contributed by atoms with Crippen molar-refractivity contribution in [2.75, 3.05) is 7.11 Å². The third-order valence-electron chi connectivity index (χ3n) is 1.29. The zero-order valence-corrected chi connectivity index (χ0v) is 8.26. The van der Waals surface area contributed by atoms with E-state index in [1.165, 1.54) is 19.2 Å². The van der Waals surface area contributed by atoms with Crippen molar-refractivity contribution in [2.24, 2.45) is 5.14 Å². The molecular formula is C6H7ClN2O3S. The molecule has 0 aromatic carbocycles. The SMILES string of the molecule is COc1nc(Cl)ccc1S(N)(=O)=O. The number of hydrogen-bond donors (Lipinski definition) is 1. The van der Waals surface area contributed by atoms with Crippen LogP contribution < -0.4 is 9.88 Å². The van der Waals surface area contributed by atoms with Crippen molar-refractivity contribution < 1.29 is 13.2 Å². The van der Waals surface area contributed by atoms with Crippen molar-refractivity contribution in [3.05, 3.63) is 17.3 Å². The number of rotatable bonds is 2. The van der Waals surface area contributed by atoms with Gasteiger partial charge in [-0.2, -0.15) is 0 Å². The summed E-state index contributed by atoms with van der Waals surface area (Å²) in [7, 11) is -2.52. The number of ether oxygens (including phenoxy) is 1. The molecule has 0 saturated heterocycles. The molecule has 0 aliphatic carbocycles. The second-order valence-electron chi connectivity index (χ2n) is 2.19. The second-order valence-corrected chi connectivity index (χ2v) is 4.10. The Morgan fingerprint density at radius 3 is 2.62 bits per heavy atom. The Hall–Kier alpha value is -0.850. The van der Waals surface area contributed by atoms with Gasteiger partial charge in [0.2, 0.25) is 15.9 Å². The molecule has 7 heteroatoms. The predicted molar refractivity (Wildman–Crippen MR) is 47.2 cm³/mol. The first-order valence-corrected chi connectivity index (χ1v) is 5.11. The molecule has 1 heterocycles. The van der Waals surface area contributed by atoms with Crippen LogP contribution in [0.3, 0.4) is 0 Å². The summed E-state index contributed by atoms with van der Waals surface area (Å²) in [6.07, 6.45) is 0. The Morgan fingerprint density at radius 2 is 2.15 bits per heavy atom. The lowest BCUT2D eigenvalue weighted by Crippen LogP contribution is -2.14. The lowest BCUT2D eigenvalue weighted by atomic mass is 10.5. The number of hydrogen-bond acceptors (Lipinski definition) is 4. The van der Waals surface area contributed by atoms with Crippen LogP contribution in [0.2, 0.25) is 5.15 Å². The number of nitrogens with two attached hydrogens (primary N) is 1. The number of halogens is 1. The van der Waals surface area contributed by atoms with Crippen LogP contribution in [-0.4, -0.2) is 20.5 Å². The summed E-state index contributed by atoms with van der Waals surface area (Å²) >= 11 is 5.52. The molecule has 1 aromatic rings. The molecule has 1 aromatic heterocycles. The Bertz CT molecular complexity index is 418. The Kier molecular flexibility index (Phi) is 2.74. The topological polar surface area (TPSA) is 82.3 Å². The lowest BCUT2D eigenvalue weighted by Gasteiger charge is -2.04. The highest BCUT2D eigenvalue weighted by atomic mass is 35.5. The van der Waals surface area contributed by atoms with Gasteiger partial charge in [0.05, 0.1) is 7.11 Å². The van der Waals surface area contributed by atoms with E-state index in [0.717, 1.165) is 0 Å². The van der Waals surface area contributed by atoms with Gasteiger partial charge in [0.15, 0.2) is 0 Å². The van der Waals surface area contributed by atoms with E-state index in [0.29, 0.717) is 0 Å². The molecule has 0 fully saturated rings. The fourth-order valence-corrected chi connectivity index (χ4v) is 1.54. The molecule has 0 bridgehead atoms. The molecule has 0 unspecified atom stereocenters. The smallest absolute Gasteiger partial charge is 0.243 e.